The number of likely N-dealkylation sites (tertiary alicyclic amines) is 1. The van der Waals surface area contributed by atoms with Crippen molar-refractivity contribution in [1.82, 2.24) is 10.2 Å². The summed E-state index contributed by atoms with van der Waals surface area (Å²) in [5.74, 6) is 1.74. The number of para-hydroxylation sites is 1. The molecule has 0 aliphatic carbocycles. The van der Waals surface area contributed by atoms with Gasteiger partial charge in [0.05, 0.1) is 0 Å². The summed E-state index contributed by atoms with van der Waals surface area (Å²) in [6, 6.07) is 14.5. The molecule has 0 aromatic heterocycles. The van der Waals surface area contributed by atoms with Crippen LogP contribution in [0.25, 0.3) is 0 Å². The molecule has 2 aromatic rings. The predicted octanol–water partition coefficient (Wildman–Crippen LogP) is 2.22. The molecular weight excluding hydrogens is 360 g/mol. The Morgan fingerprint density at radius 3 is 2.57 bits per heavy atom. The van der Waals surface area contributed by atoms with Crippen LogP contribution in [0.1, 0.15) is 23.2 Å². The van der Waals surface area contributed by atoms with Crippen LogP contribution in [0, 0.1) is 0 Å². The zero-order chi connectivity index (χ0) is 19.3. The van der Waals surface area contributed by atoms with Gasteiger partial charge in [0, 0.05) is 24.7 Å². The monoisotopic (exact) mass is 382 g/mol. The first-order chi connectivity index (χ1) is 13.7. The van der Waals surface area contributed by atoms with E-state index in [1.807, 2.05) is 30.3 Å². The smallest absolute Gasteiger partial charge is 0.260 e. The lowest BCUT2D eigenvalue weighted by molar-refractivity contribution is -0.134. The van der Waals surface area contributed by atoms with Crippen molar-refractivity contribution in [3.8, 4) is 17.2 Å². The van der Waals surface area contributed by atoms with E-state index in [1.54, 1.807) is 23.1 Å². The SMILES string of the molecule is O=C(NC1CCN(C(=O)COc2ccccc2)CC1)c1ccc2c(c1)OCO2. The van der Waals surface area contributed by atoms with Crippen LogP contribution < -0.4 is 19.5 Å². The van der Waals surface area contributed by atoms with Gasteiger partial charge in [-0.15, -0.1) is 0 Å². The number of carbonyl (C=O) groups is 2. The Hall–Kier alpha value is -3.22. The molecule has 2 aromatic carbocycles. The number of carbonyl (C=O) groups excluding carboxylic acids is 2. The summed E-state index contributed by atoms with van der Waals surface area (Å²) in [6.45, 7) is 1.41. The molecule has 4 rings (SSSR count). The quantitative estimate of drug-likeness (QED) is 0.858. The van der Waals surface area contributed by atoms with Gasteiger partial charge in [0.1, 0.15) is 5.75 Å². The van der Waals surface area contributed by atoms with Crippen LogP contribution in [0.2, 0.25) is 0 Å². The molecule has 2 heterocycles. The zero-order valence-corrected chi connectivity index (χ0v) is 15.4. The molecule has 7 nitrogen and oxygen atoms in total. The molecule has 0 bridgehead atoms. The van der Waals surface area contributed by atoms with Gasteiger partial charge in [-0.05, 0) is 43.2 Å². The predicted molar refractivity (Wildman–Crippen MR) is 102 cm³/mol. The summed E-state index contributed by atoms with van der Waals surface area (Å²) >= 11 is 0. The molecule has 1 saturated heterocycles. The van der Waals surface area contributed by atoms with E-state index in [-0.39, 0.29) is 31.3 Å². The number of ether oxygens (including phenoxy) is 3. The summed E-state index contributed by atoms with van der Waals surface area (Å²) in [5, 5.41) is 3.04. The maximum atomic E-state index is 12.5. The Labute approximate surface area is 163 Å². The van der Waals surface area contributed by atoms with Crippen LogP contribution >= 0.6 is 0 Å². The molecule has 2 amide bonds. The highest BCUT2D eigenvalue weighted by Gasteiger charge is 2.25. The fraction of sp³-hybridized carbons (Fsp3) is 0.333. The van der Waals surface area contributed by atoms with Gasteiger partial charge in [0.2, 0.25) is 6.79 Å². The number of fused-ring (bicyclic) bond motifs is 1. The summed E-state index contributed by atoms with van der Waals surface area (Å²) in [4.78, 5) is 26.6. The number of nitrogens with one attached hydrogen (secondary N) is 1. The Morgan fingerprint density at radius 2 is 1.79 bits per heavy atom. The molecule has 7 heteroatoms. The molecule has 1 fully saturated rings. The number of rotatable bonds is 5. The highest BCUT2D eigenvalue weighted by Crippen LogP contribution is 2.32. The normalized spacial score (nSPS) is 15.9. The molecule has 0 unspecified atom stereocenters. The summed E-state index contributed by atoms with van der Waals surface area (Å²) in [7, 11) is 0. The van der Waals surface area contributed by atoms with Gasteiger partial charge < -0.3 is 24.4 Å². The average molecular weight is 382 g/mol. The first-order valence-corrected chi connectivity index (χ1v) is 9.35. The van der Waals surface area contributed by atoms with Crippen molar-refractivity contribution < 1.29 is 23.8 Å². The molecule has 0 radical (unpaired) electrons. The number of piperidine rings is 1. The molecule has 2 aliphatic rings. The highest BCUT2D eigenvalue weighted by molar-refractivity contribution is 5.95. The first kappa shape index (κ1) is 18.2. The number of hydrogen-bond donors (Lipinski definition) is 1. The number of nitrogens with zero attached hydrogens (tertiary/aromatic N) is 1. The van der Waals surface area contributed by atoms with E-state index in [4.69, 9.17) is 14.2 Å². The van der Waals surface area contributed by atoms with E-state index in [0.717, 1.165) is 0 Å². The van der Waals surface area contributed by atoms with E-state index in [1.165, 1.54) is 0 Å². The molecule has 0 saturated carbocycles. The van der Waals surface area contributed by atoms with Crippen molar-refractivity contribution in [2.45, 2.75) is 18.9 Å². The van der Waals surface area contributed by atoms with Gasteiger partial charge in [-0.3, -0.25) is 9.59 Å². The number of benzene rings is 2. The van der Waals surface area contributed by atoms with Crippen molar-refractivity contribution in [2.75, 3.05) is 26.5 Å². The average Bonchev–Trinajstić information content (AvgIpc) is 3.21. The second-order valence-electron chi connectivity index (χ2n) is 6.80. The van der Waals surface area contributed by atoms with E-state index in [9.17, 15) is 9.59 Å². The third-order valence-electron chi connectivity index (χ3n) is 4.92. The lowest BCUT2D eigenvalue weighted by atomic mass is 10.0. The Bertz CT molecular complexity index is 847. The van der Waals surface area contributed by atoms with Gasteiger partial charge in [0.15, 0.2) is 18.1 Å². The molecule has 28 heavy (non-hydrogen) atoms. The third kappa shape index (κ3) is 4.19. The van der Waals surface area contributed by atoms with Gasteiger partial charge in [-0.25, -0.2) is 0 Å². The third-order valence-corrected chi connectivity index (χ3v) is 4.92. The maximum Gasteiger partial charge on any atom is 0.260 e. The van der Waals surface area contributed by atoms with Crippen LogP contribution in [-0.4, -0.2) is 49.2 Å². The van der Waals surface area contributed by atoms with Crippen molar-refractivity contribution in [1.29, 1.82) is 0 Å². The lowest BCUT2D eigenvalue weighted by Gasteiger charge is -2.32. The fourth-order valence-corrected chi connectivity index (χ4v) is 3.33. The highest BCUT2D eigenvalue weighted by atomic mass is 16.7. The first-order valence-electron chi connectivity index (χ1n) is 9.35. The van der Waals surface area contributed by atoms with Crippen molar-refractivity contribution in [3.63, 3.8) is 0 Å². The molecule has 146 valence electrons. The fourth-order valence-electron chi connectivity index (χ4n) is 3.33. The zero-order valence-electron chi connectivity index (χ0n) is 15.4. The maximum absolute atomic E-state index is 12.5. The largest absolute Gasteiger partial charge is 0.484 e. The van der Waals surface area contributed by atoms with E-state index in [2.05, 4.69) is 5.32 Å². The summed E-state index contributed by atoms with van der Waals surface area (Å²) < 4.78 is 16.1. The lowest BCUT2D eigenvalue weighted by Crippen LogP contribution is -2.47. The second-order valence-corrected chi connectivity index (χ2v) is 6.80. The van der Waals surface area contributed by atoms with Crippen molar-refractivity contribution in [2.24, 2.45) is 0 Å². The summed E-state index contributed by atoms with van der Waals surface area (Å²) in [6.07, 6.45) is 1.43. The second kappa shape index (κ2) is 8.21. The minimum atomic E-state index is -0.143. The van der Waals surface area contributed by atoms with Crippen LogP contribution in [-0.2, 0) is 4.79 Å². The minimum Gasteiger partial charge on any atom is -0.484 e. The van der Waals surface area contributed by atoms with Crippen molar-refractivity contribution >= 4 is 11.8 Å². The Kier molecular flexibility index (Phi) is 5.32. The molecule has 0 spiro atoms. The van der Waals surface area contributed by atoms with E-state index in [0.29, 0.717) is 48.7 Å². The number of hydrogen-bond acceptors (Lipinski definition) is 5. The Balaban J connectivity index is 1.23. The van der Waals surface area contributed by atoms with Crippen LogP contribution in [0.4, 0.5) is 0 Å². The molecular formula is C21H22N2O5. The van der Waals surface area contributed by atoms with Gasteiger partial charge in [0.25, 0.3) is 11.8 Å². The van der Waals surface area contributed by atoms with Gasteiger partial charge in [-0.2, -0.15) is 0 Å². The van der Waals surface area contributed by atoms with Gasteiger partial charge in [-0.1, -0.05) is 18.2 Å². The van der Waals surface area contributed by atoms with Crippen molar-refractivity contribution in [3.05, 3.63) is 54.1 Å². The topological polar surface area (TPSA) is 77.1 Å². The van der Waals surface area contributed by atoms with E-state index >= 15 is 0 Å². The van der Waals surface area contributed by atoms with Gasteiger partial charge >= 0.3 is 0 Å². The van der Waals surface area contributed by atoms with Crippen LogP contribution in [0.3, 0.4) is 0 Å². The Morgan fingerprint density at radius 1 is 1.04 bits per heavy atom. The molecule has 0 atom stereocenters. The minimum absolute atomic E-state index is 0.0260. The van der Waals surface area contributed by atoms with E-state index < -0.39 is 0 Å². The van der Waals surface area contributed by atoms with Crippen LogP contribution in [0.5, 0.6) is 17.2 Å². The summed E-state index contributed by atoms with van der Waals surface area (Å²) in [5.41, 5.74) is 0.541. The molecule has 2 aliphatic heterocycles. The van der Waals surface area contributed by atoms with Crippen LogP contribution in [0.15, 0.2) is 48.5 Å². The standard InChI is InChI=1S/C21H22N2O5/c24-20(13-26-17-4-2-1-3-5-17)23-10-8-16(9-11-23)22-21(25)15-6-7-18-19(12-15)28-14-27-18/h1-7,12,16H,8-11,13-14H2,(H,22,25). The molecule has 1 N–H and O–H groups in total. The number of amides is 2.